The van der Waals surface area contributed by atoms with Gasteiger partial charge in [-0.1, -0.05) is 6.07 Å². The number of nitrogens with one attached hydrogen (secondary N) is 1. The summed E-state index contributed by atoms with van der Waals surface area (Å²) in [6.45, 7) is 3.92. The van der Waals surface area contributed by atoms with Crippen LogP contribution in [0.25, 0.3) is 0 Å². The van der Waals surface area contributed by atoms with Gasteiger partial charge in [-0.25, -0.2) is 4.39 Å². The van der Waals surface area contributed by atoms with Crippen molar-refractivity contribution in [1.82, 2.24) is 10.2 Å². The van der Waals surface area contributed by atoms with E-state index in [1.807, 2.05) is 19.0 Å². The Balaban J connectivity index is 2.68. The number of aliphatic hydroxyl groups is 1. The van der Waals surface area contributed by atoms with Crippen molar-refractivity contribution in [3.05, 3.63) is 35.1 Å². The van der Waals surface area contributed by atoms with Crippen LogP contribution in [0.1, 0.15) is 22.8 Å². The summed E-state index contributed by atoms with van der Waals surface area (Å²) in [5, 5.41) is 12.7. The number of hydrogen-bond acceptors (Lipinski definition) is 3. The monoisotopic (exact) mass is 268 g/mol. The molecule has 1 amide bonds. The van der Waals surface area contributed by atoms with E-state index in [0.717, 1.165) is 0 Å². The average Bonchev–Trinajstić information content (AvgIpc) is 2.27. The highest BCUT2D eigenvalue weighted by atomic mass is 19.1. The predicted molar refractivity (Wildman–Crippen MR) is 72.6 cm³/mol. The number of hydrogen-bond donors (Lipinski definition) is 2. The highest BCUT2D eigenvalue weighted by molar-refractivity contribution is 5.95. The second-order valence-electron chi connectivity index (χ2n) is 5.38. The summed E-state index contributed by atoms with van der Waals surface area (Å²) in [6, 6.07) is 4.07. The van der Waals surface area contributed by atoms with Crippen molar-refractivity contribution in [3.8, 4) is 0 Å². The molecule has 1 aromatic carbocycles. The number of rotatable bonds is 5. The first-order chi connectivity index (χ1) is 8.71. The molecule has 106 valence electrons. The van der Waals surface area contributed by atoms with Gasteiger partial charge in [-0.15, -0.1) is 0 Å². The third kappa shape index (κ3) is 4.96. The van der Waals surface area contributed by atoms with Crippen LogP contribution in [0.2, 0.25) is 0 Å². The van der Waals surface area contributed by atoms with Crippen molar-refractivity contribution < 1.29 is 14.3 Å². The molecule has 0 saturated carbocycles. The number of carbonyl (C=O) groups is 1. The highest BCUT2D eigenvalue weighted by Crippen LogP contribution is 2.11. The summed E-state index contributed by atoms with van der Waals surface area (Å²) in [4.78, 5) is 13.8. The maximum Gasteiger partial charge on any atom is 0.251 e. The third-order valence-corrected chi connectivity index (χ3v) is 2.73. The highest BCUT2D eigenvalue weighted by Gasteiger charge is 2.22. The van der Waals surface area contributed by atoms with E-state index in [1.165, 1.54) is 12.1 Å². The van der Waals surface area contributed by atoms with E-state index in [2.05, 4.69) is 5.32 Å². The minimum absolute atomic E-state index is 0.111. The quantitative estimate of drug-likeness (QED) is 0.843. The topological polar surface area (TPSA) is 52.6 Å². The number of aryl methyl sites for hydroxylation is 1. The summed E-state index contributed by atoms with van der Waals surface area (Å²) in [5.41, 5.74) is -0.0350. The SMILES string of the molecule is Cc1ccc(F)cc1C(=O)NCC(C)(O)CN(C)C. The summed E-state index contributed by atoms with van der Waals surface area (Å²) in [7, 11) is 3.68. The molecule has 0 heterocycles. The van der Waals surface area contributed by atoms with E-state index in [4.69, 9.17) is 0 Å². The number of halogens is 1. The minimum atomic E-state index is -1.03. The zero-order valence-electron chi connectivity index (χ0n) is 11.8. The number of amides is 1. The summed E-state index contributed by atoms with van der Waals surface area (Å²) in [5.74, 6) is -0.827. The number of carbonyl (C=O) groups excluding carboxylic acids is 1. The van der Waals surface area contributed by atoms with Crippen LogP contribution < -0.4 is 5.32 Å². The Morgan fingerprint density at radius 2 is 2.11 bits per heavy atom. The minimum Gasteiger partial charge on any atom is -0.387 e. The maximum absolute atomic E-state index is 13.1. The van der Waals surface area contributed by atoms with Crippen LogP contribution in [-0.4, -0.2) is 48.7 Å². The first-order valence-electron chi connectivity index (χ1n) is 6.13. The summed E-state index contributed by atoms with van der Waals surface area (Å²) >= 11 is 0. The average molecular weight is 268 g/mol. The molecule has 4 nitrogen and oxygen atoms in total. The normalized spacial score (nSPS) is 14.3. The van der Waals surface area contributed by atoms with Gasteiger partial charge in [-0.3, -0.25) is 4.79 Å². The van der Waals surface area contributed by atoms with E-state index >= 15 is 0 Å². The Hall–Kier alpha value is -1.46. The van der Waals surface area contributed by atoms with E-state index < -0.39 is 11.4 Å². The summed E-state index contributed by atoms with van der Waals surface area (Å²) < 4.78 is 13.1. The first kappa shape index (κ1) is 15.6. The Morgan fingerprint density at radius 1 is 1.47 bits per heavy atom. The molecule has 1 atom stereocenters. The molecule has 0 radical (unpaired) electrons. The van der Waals surface area contributed by atoms with Crippen LogP contribution in [-0.2, 0) is 0 Å². The summed E-state index contributed by atoms with van der Waals surface area (Å²) in [6.07, 6.45) is 0. The Morgan fingerprint density at radius 3 is 2.68 bits per heavy atom. The fraction of sp³-hybridized carbons (Fsp3) is 0.500. The van der Waals surface area contributed by atoms with Crippen LogP contribution in [0.4, 0.5) is 4.39 Å². The molecule has 19 heavy (non-hydrogen) atoms. The van der Waals surface area contributed by atoms with Crippen molar-refractivity contribution in [2.45, 2.75) is 19.4 Å². The van der Waals surface area contributed by atoms with Gasteiger partial charge in [-0.2, -0.15) is 0 Å². The van der Waals surface area contributed by atoms with Crippen molar-refractivity contribution >= 4 is 5.91 Å². The standard InChI is InChI=1S/C14H21FN2O2/c1-10-5-6-11(15)7-12(10)13(18)16-8-14(2,19)9-17(3)4/h5-7,19H,8-9H2,1-4H3,(H,16,18). The molecule has 0 aliphatic carbocycles. The first-order valence-corrected chi connectivity index (χ1v) is 6.13. The van der Waals surface area contributed by atoms with Gasteiger partial charge >= 0.3 is 0 Å². The number of benzene rings is 1. The molecule has 0 fully saturated rings. The van der Waals surface area contributed by atoms with Crippen molar-refractivity contribution in [2.24, 2.45) is 0 Å². The van der Waals surface area contributed by atoms with Gasteiger partial charge in [0.05, 0.1) is 5.60 Å². The van der Waals surface area contributed by atoms with Gasteiger partial charge < -0.3 is 15.3 Å². The molecule has 1 unspecified atom stereocenters. The van der Waals surface area contributed by atoms with Crippen LogP contribution in [0.3, 0.4) is 0 Å². The van der Waals surface area contributed by atoms with Gasteiger partial charge in [0.2, 0.25) is 0 Å². The smallest absolute Gasteiger partial charge is 0.251 e. The second-order valence-corrected chi connectivity index (χ2v) is 5.38. The van der Waals surface area contributed by atoms with Crippen LogP contribution in [0, 0.1) is 12.7 Å². The zero-order valence-corrected chi connectivity index (χ0v) is 11.8. The van der Waals surface area contributed by atoms with Crippen LogP contribution in [0.5, 0.6) is 0 Å². The molecule has 0 bridgehead atoms. The zero-order chi connectivity index (χ0) is 14.6. The van der Waals surface area contributed by atoms with Crippen molar-refractivity contribution in [2.75, 3.05) is 27.2 Å². The Bertz CT molecular complexity index is 459. The van der Waals surface area contributed by atoms with Crippen LogP contribution in [0.15, 0.2) is 18.2 Å². The lowest BCUT2D eigenvalue weighted by molar-refractivity contribution is 0.0326. The molecule has 5 heteroatoms. The molecule has 0 aliphatic heterocycles. The molecule has 1 rings (SSSR count). The fourth-order valence-corrected chi connectivity index (χ4v) is 1.94. The lowest BCUT2D eigenvalue weighted by Gasteiger charge is -2.27. The van der Waals surface area contributed by atoms with E-state index in [0.29, 0.717) is 17.7 Å². The lowest BCUT2D eigenvalue weighted by Crippen LogP contribution is -2.47. The van der Waals surface area contributed by atoms with Gasteiger partial charge in [0.15, 0.2) is 0 Å². The van der Waals surface area contributed by atoms with Gasteiger partial charge in [0, 0.05) is 18.7 Å². The molecule has 0 aliphatic rings. The molecule has 0 aromatic heterocycles. The van der Waals surface area contributed by atoms with Gasteiger partial charge in [0.1, 0.15) is 5.82 Å². The molecule has 1 aromatic rings. The van der Waals surface area contributed by atoms with Gasteiger partial charge in [-0.05, 0) is 45.6 Å². The molecular weight excluding hydrogens is 247 g/mol. The molecular formula is C14H21FN2O2. The van der Waals surface area contributed by atoms with Crippen molar-refractivity contribution in [3.63, 3.8) is 0 Å². The van der Waals surface area contributed by atoms with E-state index in [1.54, 1.807) is 19.9 Å². The second kappa shape index (κ2) is 6.12. The Kier molecular flexibility index (Phi) is 5.03. The fourth-order valence-electron chi connectivity index (χ4n) is 1.94. The molecule has 0 spiro atoms. The molecule has 2 N–H and O–H groups in total. The van der Waals surface area contributed by atoms with Crippen LogP contribution >= 0.6 is 0 Å². The number of nitrogens with zero attached hydrogens (tertiary/aromatic N) is 1. The third-order valence-electron chi connectivity index (χ3n) is 2.73. The predicted octanol–water partition coefficient (Wildman–Crippen LogP) is 1.18. The van der Waals surface area contributed by atoms with Crippen molar-refractivity contribution in [1.29, 1.82) is 0 Å². The Labute approximate surface area is 113 Å². The maximum atomic E-state index is 13.1. The van der Waals surface area contributed by atoms with Gasteiger partial charge in [0.25, 0.3) is 5.91 Å². The largest absolute Gasteiger partial charge is 0.387 e. The number of likely N-dealkylation sites (N-methyl/N-ethyl adjacent to an activating group) is 1. The van der Waals surface area contributed by atoms with E-state index in [-0.39, 0.29) is 12.5 Å². The van der Waals surface area contributed by atoms with E-state index in [9.17, 15) is 14.3 Å². The lowest BCUT2D eigenvalue weighted by atomic mass is 10.1. The molecule has 0 saturated heterocycles.